The molecule has 6 heteroatoms. The lowest BCUT2D eigenvalue weighted by atomic mass is 10.3. The number of nitro groups is 1. The van der Waals surface area contributed by atoms with E-state index in [-0.39, 0.29) is 10.6 Å². The summed E-state index contributed by atoms with van der Waals surface area (Å²) < 4.78 is 0. The minimum atomic E-state index is -0.331. The Hall–Kier alpha value is -0.750. The Kier molecular flexibility index (Phi) is 5.08. The normalized spacial score (nSPS) is 10.4. The molecule has 0 amide bonds. The average molecular weight is 258 g/mol. The van der Waals surface area contributed by atoms with Gasteiger partial charge in [0.15, 0.2) is 5.03 Å². The Morgan fingerprint density at radius 3 is 2.50 bits per heavy atom. The summed E-state index contributed by atoms with van der Waals surface area (Å²) in [6.45, 7) is 5.81. The van der Waals surface area contributed by atoms with Crippen molar-refractivity contribution >= 4 is 29.2 Å². The summed E-state index contributed by atoms with van der Waals surface area (Å²) in [5, 5.41) is 11.6. The van der Waals surface area contributed by atoms with Gasteiger partial charge in [-0.1, -0.05) is 25.6 Å². The summed E-state index contributed by atoms with van der Waals surface area (Å²) in [5.74, 6) is 1.61. The first-order chi connectivity index (χ1) is 7.60. The van der Waals surface area contributed by atoms with E-state index in [0.717, 1.165) is 22.1 Å². The number of aromatic nitrogens is 1. The molecule has 4 nitrogen and oxygen atoms in total. The van der Waals surface area contributed by atoms with Crippen molar-refractivity contribution < 1.29 is 4.92 Å². The molecular formula is C10H14N2O2S2. The van der Waals surface area contributed by atoms with Gasteiger partial charge in [0.25, 0.3) is 0 Å². The maximum Gasteiger partial charge on any atom is 0.314 e. The van der Waals surface area contributed by atoms with Gasteiger partial charge in [-0.2, -0.15) is 0 Å². The fourth-order valence-corrected chi connectivity index (χ4v) is 3.02. The van der Waals surface area contributed by atoms with Crippen LogP contribution in [0.1, 0.15) is 19.5 Å². The van der Waals surface area contributed by atoms with Crippen LogP contribution in [0.15, 0.2) is 16.0 Å². The Bertz CT molecular complexity index is 369. The molecule has 1 aromatic rings. The predicted molar refractivity (Wildman–Crippen MR) is 68.4 cm³/mol. The average Bonchev–Trinajstić information content (AvgIpc) is 2.17. The molecular weight excluding hydrogens is 244 g/mol. The van der Waals surface area contributed by atoms with Crippen molar-refractivity contribution in [2.75, 3.05) is 11.5 Å². The Balaban J connectivity index is 3.29. The van der Waals surface area contributed by atoms with E-state index in [9.17, 15) is 10.1 Å². The summed E-state index contributed by atoms with van der Waals surface area (Å²) in [6.07, 6.45) is 0. The second-order valence-corrected chi connectivity index (χ2v) is 5.60. The topological polar surface area (TPSA) is 56.0 Å². The van der Waals surface area contributed by atoms with E-state index in [0.29, 0.717) is 5.03 Å². The molecule has 0 aliphatic rings. The van der Waals surface area contributed by atoms with E-state index in [2.05, 4.69) is 4.98 Å². The number of hydrogen-bond acceptors (Lipinski definition) is 5. The first kappa shape index (κ1) is 13.3. The van der Waals surface area contributed by atoms with Crippen molar-refractivity contribution in [3.63, 3.8) is 0 Å². The van der Waals surface area contributed by atoms with Gasteiger partial charge in [-0.05, 0) is 24.5 Å². The van der Waals surface area contributed by atoms with Crippen LogP contribution in [-0.2, 0) is 0 Å². The smallest absolute Gasteiger partial charge is 0.258 e. The fourth-order valence-electron chi connectivity index (χ4n) is 1.28. The number of rotatable bonds is 5. The van der Waals surface area contributed by atoms with Crippen molar-refractivity contribution in [3.05, 3.63) is 21.9 Å². The molecule has 0 bridgehead atoms. The first-order valence-corrected chi connectivity index (χ1v) is 6.98. The predicted octanol–water partition coefficient (Wildman–Crippen LogP) is 3.52. The number of aryl methyl sites for hydroxylation is 1. The number of nitrogens with zero attached hydrogens (tertiary/aromatic N) is 2. The minimum absolute atomic E-state index is 0.157. The van der Waals surface area contributed by atoms with Gasteiger partial charge in [0.1, 0.15) is 0 Å². The van der Waals surface area contributed by atoms with Crippen LogP contribution >= 0.6 is 23.5 Å². The molecule has 0 aliphatic carbocycles. The highest BCUT2D eigenvalue weighted by atomic mass is 32.2. The van der Waals surface area contributed by atoms with Crippen LogP contribution in [0.25, 0.3) is 0 Å². The molecule has 0 spiro atoms. The molecule has 0 aliphatic heterocycles. The summed E-state index contributed by atoms with van der Waals surface area (Å²) >= 11 is 2.91. The van der Waals surface area contributed by atoms with E-state index in [1.54, 1.807) is 6.07 Å². The molecule has 0 radical (unpaired) electrons. The van der Waals surface area contributed by atoms with E-state index in [1.165, 1.54) is 23.5 Å². The monoisotopic (exact) mass is 258 g/mol. The summed E-state index contributed by atoms with van der Waals surface area (Å²) in [4.78, 5) is 15.7. The minimum Gasteiger partial charge on any atom is -0.258 e. The molecule has 88 valence electrons. The molecule has 0 unspecified atom stereocenters. The van der Waals surface area contributed by atoms with Crippen LogP contribution in [-0.4, -0.2) is 21.4 Å². The lowest BCUT2D eigenvalue weighted by molar-refractivity contribution is -0.391. The maximum atomic E-state index is 11.0. The van der Waals surface area contributed by atoms with Gasteiger partial charge in [-0.25, -0.2) is 4.98 Å². The lowest BCUT2D eigenvalue weighted by Gasteiger charge is -2.06. The number of thioether (sulfide) groups is 2. The number of pyridine rings is 1. The third-order valence-corrected chi connectivity index (χ3v) is 3.57. The zero-order valence-electron chi connectivity index (χ0n) is 9.52. The van der Waals surface area contributed by atoms with Crippen LogP contribution in [0.5, 0.6) is 0 Å². The molecule has 1 aromatic heterocycles. The molecule has 1 heterocycles. The van der Waals surface area contributed by atoms with Gasteiger partial charge in [0.05, 0.1) is 9.82 Å². The highest BCUT2D eigenvalue weighted by Crippen LogP contribution is 2.36. The molecule has 1 rings (SSSR count). The SMILES string of the molecule is CCSc1cc(C)nc(SCC)c1[N+](=O)[O-]. The zero-order chi connectivity index (χ0) is 12.1. The molecule has 0 atom stereocenters. The summed E-state index contributed by atoms with van der Waals surface area (Å²) in [5.41, 5.74) is 0.988. The van der Waals surface area contributed by atoms with Crippen molar-refractivity contribution in [3.8, 4) is 0 Å². The molecule has 0 N–H and O–H groups in total. The molecule has 16 heavy (non-hydrogen) atoms. The van der Waals surface area contributed by atoms with Gasteiger partial charge in [-0.3, -0.25) is 10.1 Å². The second-order valence-electron chi connectivity index (χ2n) is 3.04. The van der Waals surface area contributed by atoms with Gasteiger partial charge >= 0.3 is 5.69 Å². The fraction of sp³-hybridized carbons (Fsp3) is 0.500. The zero-order valence-corrected chi connectivity index (χ0v) is 11.2. The summed E-state index contributed by atoms with van der Waals surface area (Å²) in [6, 6.07) is 1.78. The second kappa shape index (κ2) is 6.10. The van der Waals surface area contributed by atoms with Crippen LogP contribution in [0, 0.1) is 17.0 Å². The van der Waals surface area contributed by atoms with Gasteiger partial charge < -0.3 is 0 Å². The Morgan fingerprint density at radius 1 is 1.38 bits per heavy atom. The standard InChI is InChI=1S/C10H14N2O2S2/c1-4-15-8-6-7(3)11-10(16-5-2)9(8)12(13)14/h6H,4-5H2,1-3H3. The van der Waals surface area contributed by atoms with E-state index in [1.807, 2.05) is 20.8 Å². The molecule has 0 saturated heterocycles. The van der Waals surface area contributed by atoms with Gasteiger partial charge in [0, 0.05) is 5.69 Å². The summed E-state index contributed by atoms with van der Waals surface area (Å²) in [7, 11) is 0. The molecule has 0 aromatic carbocycles. The largest absolute Gasteiger partial charge is 0.314 e. The maximum absolute atomic E-state index is 11.0. The van der Waals surface area contributed by atoms with Crippen LogP contribution in [0.4, 0.5) is 5.69 Å². The van der Waals surface area contributed by atoms with E-state index >= 15 is 0 Å². The van der Waals surface area contributed by atoms with Crippen LogP contribution in [0.3, 0.4) is 0 Å². The first-order valence-electron chi connectivity index (χ1n) is 5.01. The Labute approximate surface area is 103 Å². The number of hydrogen-bond donors (Lipinski definition) is 0. The third-order valence-electron chi connectivity index (χ3n) is 1.82. The molecule has 0 fully saturated rings. The van der Waals surface area contributed by atoms with Crippen LogP contribution < -0.4 is 0 Å². The third kappa shape index (κ3) is 3.12. The van der Waals surface area contributed by atoms with Gasteiger partial charge in [0.2, 0.25) is 0 Å². The van der Waals surface area contributed by atoms with Crippen molar-refractivity contribution in [2.24, 2.45) is 0 Å². The van der Waals surface area contributed by atoms with Crippen molar-refractivity contribution in [1.29, 1.82) is 0 Å². The quantitative estimate of drug-likeness (QED) is 0.459. The highest BCUT2D eigenvalue weighted by molar-refractivity contribution is 8.00. The van der Waals surface area contributed by atoms with Crippen LogP contribution in [0.2, 0.25) is 0 Å². The molecule has 0 saturated carbocycles. The lowest BCUT2D eigenvalue weighted by Crippen LogP contribution is -1.98. The Morgan fingerprint density at radius 2 is 2.00 bits per heavy atom. The van der Waals surface area contributed by atoms with E-state index in [4.69, 9.17) is 0 Å². The van der Waals surface area contributed by atoms with Crippen molar-refractivity contribution in [1.82, 2.24) is 4.98 Å². The van der Waals surface area contributed by atoms with Gasteiger partial charge in [-0.15, -0.1) is 11.8 Å². The highest BCUT2D eigenvalue weighted by Gasteiger charge is 2.22. The van der Waals surface area contributed by atoms with E-state index < -0.39 is 0 Å². The van der Waals surface area contributed by atoms with Crippen molar-refractivity contribution in [2.45, 2.75) is 30.7 Å².